The molecule has 1 amide bonds. The fourth-order valence-corrected chi connectivity index (χ4v) is 3.03. The maximum Gasteiger partial charge on any atom is 0.268 e. The Labute approximate surface area is 121 Å². The molecule has 3 rings (SSSR count). The maximum absolute atomic E-state index is 12.2. The summed E-state index contributed by atoms with van der Waals surface area (Å²) in [7, 11) is 0. The Kier molecular flexibility index (Phi) is 3.35. The minimum atomic E-state index is -0.417. The standard InChI is InChI=1S/C14H17N3O2S/c1-9-16-12(7-20-9)10-5-11(15-6-10)13(19)17-14(8-18)3-2-4-14/h5-7,15,18H,2-4,8H2,1H3,(H,17,19). The summed E-state index contributed by atoms with van der Waals surface area (Å²) in [5.74, 6) is -0.169. The largest absolute Gasteiger partial charge is 0.394 e. The Morgan fingerprint density at radius 3 is 2.95 bits per heavy atom. The summed E-state index contributed by atoms with van der Waals surface area (Å²) in [6, 6.07) is 1.80. The van der Waals surface area contributed by atoms with Crippen molar-refractivity contribution in [2.45, 2.75) is 31.7 Å². The van der Waals surface area contributed by atoms with E-state index in [9.17, 15) is 9.90 Å². The molecule has 0 atom stereocenters. The van der Waals surface area contributed by atoms with Crippen molar-refractivity contribution in [3.05, 3.63) is 28.3 Å². The molecular weight excluding hydrogens is 274 g/mol. The summed E-state index contributed by atoms with van der Waals surface area (Å²) in [4.78, 5) is 19.6. The summed E-state index contributed by atoms with van der Waals surface area (Å²) in [5, 5.41) is 15.3. The summed E-state index contributed by atoms with van der Waals surface area (Å²) in [6.45, 7) is 1.95. The molecule has 5 nitrogen and oxygen atoms in total. The lowest BCUT2D eigenvalue weighted by Gasteiger charge is -2.40. The van der Waals surface area contributed by atoms with E-state index in [4.69, 9.17) is 0 Å². The number of aryl methyl sites for hydroxylation is 1. The number of aromatic amines is 1. The Hall–Kier alpha value is -1.66. The normalized spacial score (nSPS) is 16.7. The van der Waals surface area contributed by atoms with E-state index in [1.54, 1.807) is 23.6 Å². The van der Waals surface area contributed by atoms with Crippen LogP contribution in [0, 0.1) is 6.92 Å². The van der Waals surface area contributed by atoms with Crippen LogP contribution in [0.3, 0.4) is 0 Å². The molecule has 1 saturated carbocycles. The number of aliphatic hydroxyl groups excluding tert-OH is 1. The number of aliphatic hydroxyl groups is 1. The molecule has 2 aromatic heterocycles. The van der Waals surface area contributed by atoms with Crippen molar-refractivity contribution in [1.82, 2.24) is 15.3 Å². The van der Waals surface area contributed by atoms with Crippen LogP contribution in [0.5, 0.6) is 0 Å². The van der Waals surface area contributed by atoms with Crippen molar-refractivity contribution in [3.63, 3.8) is 0 Å². The zero-order valence-corrected chi connectivity index (χ0v) is 12.1. The molecule has 0 spiro atoms. The fourth-order valence-electron chi connectivity index (χ4n) is 2.40. The number of aromatic nitrogens is 2. The summed E-state index contributed by atoms with van der Waals surface area (Å²) >= 11 is 1.58. The van der Waals surface area contributed by atoms with Gasteiger partial charge in [-0.15, -0.1) is 11.3 Å². The number of carbonyl (C=O) groups is 1. The van der Waals surface area contributed by atoms with E-state index in [1.807, 2.05) is 12.3 Å². The quantitative estimate of drug-likeness (QED) is 0.807. The fraction of sp³-hybridized carbons (Fsp3) is 0.429. The van der Waals surface area contributed by atoms with Gasteiger partial charge >= 0.3 is 0 Å². The van der Waals surface area contributed by atoms with Crippen molar-refractivity contribution in [2.24, 2.45) is 0 Å². The first kappa shape index (κ1) is 13.3. The van der Waals surface area contributed by atoms with Gasteiger partial charge in [-0.25, -0.2) is 4.98 Å². The average molecular weight is 291 g/mol. The van der Waals surface area contributed by atoms with Crippen molar-refractivity contribution in [2.75, 3.05) is 6.61 Å². The van der Waals surface area contributed by atoms with E-state index in [0.717, 1.165) is 35.5 Å². The second kappa shape index (κ2) is 5.03. The monoisotopic (exact) mass is 291 g/mol. The summed E-state index contributed by atoms with van der Waals surface area (Å²) in [6.07, 6.45) is 4.52. The molecule has 106 valence electrons. The number of thiazole rings is 1. The van der Waals surface area contributed by atoms with E-state index in [1.165, 1.54) is 0 Å². The molecule has 0 unspecified atom stereocenters. The SMILES string of the molecule is Cc1nc(-c2c[nH]c(C(=O)NC3(CO)CCC3)c2)cs1. The predicted octanol–water partition coefficient (Wildman–Crippen LogP) is 2.09. The number of carbonyl (C=O) groups excluding carboxylic acids is 1. The van der Waals surface area contributed by atoms with Gasteiger partial charge in [-0.3, -0.25) is 4.79 Å². The summed E-state index contributed by atoms with van der Waals surface area (Å²) in [5.41, 5.74) is 1.87. The highest BCUT2D eigenvalue weighted by atomic mass is 32.1. The van der Waals surface area contributed by atoms with Crippen LogP contribution in [0.25, 0.3) is 11.3 Å². The number of hydrogen-bond acceptors (Lipinski definition) is 4. The first-order valence-electron chi connectivity index (χ1n) is 6.66. The van der Waals surface area contributed by atoms with E-state index >= 15 is 0 Å². The second-order valence-corrected chi connectivity index (χ2v) is 6.36. The van der Waals surface area contributed by atoms with Gasteiger partial charge in [0.1, 0.15) is 5.69 Å². The molecule has 1 aliphatic carbocycles. The van der Waals surface area contributed by atoms with Crippen molar-refractivity contribution in [3.8, 4) is 11.3 Å². The molecule has 0 aromatic carbocycles. The van der Waals surface area contributed by atoms with Crippen molar-refractivity contribution in [1.29, 1.82) is 0 Å². The zero-order valence-electron chi connectivity index (χ0n) is 11.3. The van der Waals surface area contributed by atoms with Gasteiger partial charge in [0.25, 0.3) is 5.91 Å². The van der Waals surface area contributed by atoms with Gasteiger partial charge in [0.05, 0.1) is 22.8 Å². The molecular formula is C14H17N3O2S. The van der Waals surface area contributed by atoms with Crippen LogP contribution in [0.4, 0.5) is 0 Å². The Balaban J connectivity index is 1.75. The Morgan fingerprint density at radius 2 is 2.40 bits per heavy atom. The van der Waals surface area contributed by atoms with Crippen LogP contribution in [0.2, 0.25) is 0 Å². The lowest BCUT2D eigenvalue weighted by molar-refractivity contribution is 0.0638. The van der Waals surface area contributed by atoms with E-state index < -0.39 is 5.54 Å². The number of rotatable bonds is 4. The molecule has 0 bridgehead atoms. The highest BCUT2D eigenvalue weighted by Crippen LogP contribution is 2.31. The van der Waals surface area contributed by atoms with Crippen molar-refractivity contribution < 1.29 is 9.90 Å². The van der Waals surface area contributed by atoms with E-state index in [2.05, 4.69) is 15.3 Å². The van der Waals surface area contributed by atoms with Gasteiger partial charge in [-0.1, -0.05) is 0 Å². The molecule has 0 radical (unpaired) electrons. The lowest BCUT2D eigenvalue weighted by atomic mass is 9.77. The number of amides is 1. The highest BCUT2D eigenvalue weighted by Gasteiger charge is 2.38. The molecule has 6 heteroatoms. The minimum Gasteiger partial charge on any atom is -0.394 e. The average Bonchev–Trinajstić information content (AvgIpc) is 3.02. The Morgan fingerprint density at radius 1 is 1.60 bits per heavy atom. The predicted molar refractivity (Wildman–Crippen MR) is 77.8 cm³/mol. The molecule has 0 aliphatic heterocycles. The summed E-state index contributed by atoms with van der Waals surface area (Å²) < 4.78 is 0. The third-order valence-corrected chi connectivity index (χ3v) is 4.61. The van der Waals surface area contributed by atoms with Gasteiger partial charge in [-0.05, 0) is 32.3 Å². The van der Waals surface area contributed by atoms with Crippen LogP contribution >= 0.6 is 11.3 Å². The molecule has 20 heavy (non-hydrogen) atoms. The third-order valence-electron chi connectivity index (χ3n) is 3.83. The van der Waals surface area contributed by atoms with Crippen LogP contribution < -0.4 is 5.32 Å². The van der Waals surface area contributed by atoms with E-state index in [-0.39, 0.29) is 12.5 Å². The first-order chi connectivity index (χ1) is 9.62. The van der Waals surface area contributed by atoms with Gasteiger partial charge < -0.3 is 15.4 Å². The number of nitrogens with zero attached hydrogens (tertiary/aromatic N) is 1. The van der Waals surface area contributed by atoms with Crippen LogP contribution in [0.15, 0.2) is 17.6 Å². The zero-order chi connectivity index (χ0) is 14.2. The second-order valence-electron chi connectivity index (χ2n) is 5.30. The number of hydrogen-bond donors (Lipinski definition) is 3. The number of H-pyrrole nitrogens is 1. The molecule has 2 aromatic rings. The van der Waals surface area contributed by atoms with Crippen molar-refractivity contribution >= 4 is 17.2 Å². The highest BCUT2D eigenvalue weighted by molar-refractivity contribution is 7.09. The molecule has 0 saturated heterocycles. The first-order valence-corrected chi connectivity index (χ1v) is 7.54. The molecule has 1 aliphatic rings. The van der Waals surface area contributed by atoms with Crippen LogP contribution in [0.1, 0.15) is 34.8 Å². The van der Waals surface area contributed by atoms with Gasteiger partial charge in [0.2, 0.25) is 0 Å². The van der Waals surface area contributed by atoms with Gasteiger partial charge in [0.15, 0.2) is 0 Å². The maximum atomic E-state index is 12.2. The third kappa shape index (κ3) is 2.36. The van der Waals surface area contributed by atoms with E-state index in [0.29, 0.717) is 5.69 Å². The Bertz CT molecular complexity index is 622. The molecule has 3 N–H and O–H groups in total. The van der Waals surface area contributed by atoms with Crippen LogP contribution in [-0.4, -0.2) is 33.1 Å². The smallest absolute Gasteiger partial charge is 0.268 e. The number of nitrogens with one attached hydrogen (secondary N) is 2. The topological polar surface area (TPSA) is 78.0 Å². The van der Waals surface area contributed by atoms with Gasteiger partial charge in [0, 0.05) is 17.1 Å². The van der Waals surface area contributed by atoms with Crippen LogP contribution in [-0.2, 0) is 0 Å². The van der Waals surface area contributed by atoms with Gasteiger partial charge in [-0.2, -0.15) is 0 Å². The molecule has 1 fully saturated rings. The lowest BCUT2D eigenvalue weighted by Crippen LogP contribution is -2.56. The molecule has 2 heterocycles. The minimum absolute atomic E-state index is 0.00239.